The Morgan fingerprint density at radius 1 is 1.08 bits per heavy atom. The van der Waals surface area contributed by atoms with E-state index in [1.54, 1.807) is 6.07 Å². The normalized spacial score (nSPS) is 16.0. The van der Waals surface area contributed by atoms with Gasteiger partial charge in [-0.2, -0.15) is 0 Å². The second-order valence-electron chi connectivity index (χ2n) is 6.35. The van der Waals surface area contributed by atoms with Crippen LogP contribution < -0.4 is 4.90 Å². The van der Waals surface area contributed by atoms with Gasteiger partial charge in [-0.15, -0.1) is 0 Å². The number of sulfone groups is 1. The van der Waals surface area contributed by atoms with E-state index in [4.69, 9.17) is 0 Å². The fraction of sp³-hybridized carbons (Fsp3) is 0.333. The number of hydrogen-bond donors (Lipinski definition) is 0. The van der Waals surface area contributed by atoms with Crippen molar-refractivity contribution in [3.63, 3.8) is 0 Å². The fourth-order valence-corrected chi connectivity index (χ4v) is 3.97. The van der Waals surface area contributed by atoms with Crippen LogP contribution in [0.2, 0.25) is 0 Å². The molecule has 0 radical (unpaired) electrons. The molecule has 0 aromatic heterocycles. The Kier molecular flexibility index (Phi) is 4.76. The first kappa shape index (κ1) is 17.4. The number of piperidine rings is 1. The number of nitrogens with zero attached hydrogens (tertiary/aromatic N) is 2. The predicted molar refractivity (Wildman–Crippen MR) is 96.8 cm³/mol. The molecule has 1 fully saturated rings. The molecule has 132 valence electrons. The van der Waals surface area contributed by atoms with Crippen molar-refractivity contribution in [2.75, 3.05) is 24.2 Å². The standard InChI is InChI=1S/C18H20N2O4S/c1-25(23,24)16-7-8-17(18(13-16)20(21)22)19-11-9-15(10-12-19)14-5-3-2-4-6-14/h2-8,13,15H,9-12H2,1H3. The number of hydrogen-bond acceptors (Lipinski definition) is 5. The lowest BCUT2D eigenvalue weighted by Crippen LogP contribution is -2.33. The van der Waals surface area contributed by atoms with Gasteiger partial charge in [0.15, 0.2) is 9.84 Å². The Balaban J connectivity index is 1.82. The summed E-state index contributed by atoms with van der Waals surface area (Å²) in [6, 6.07) is 14.4. The second-order valence-corrected chi connectivity index (χ2v) is 8.37. The molecular formula is C18H20N2O4S. The second kappa shape index (κ2) is 6.84. The average Bonchev–Trinajstić information content (AvgIpc) is 2.61. The summed E-state index contributed by atoms with van der Waals surface area (Å²) in [5.74, 6) is 0.451. The predicted octanol–water partition coefficient (Wildman–Crippen LogP) is 3.38. The molecule has 6 nitrogen and oxygen atoms in total. The smallest absolute Gasteiger partial charge is 0.293 e. The van der Waals surface area contributed by atoms with Crippen LogP contribution in [0.1, 0.15) is 24.3 Å². The number of rotatable bonds is 4. The monoisotopic (exact) mass is 360 g/mol. The molecule has 0 saturated carbocycles. The molecule has 0 aliphatic carbocycles. The van der Waals surface area contributed by atoms with Gasteiger partial charge >= 0.3 is 0 Å². The minimum absolute atomic E-state index is 0.0258. The van der Waals surface area contributed by atoms with Crippen LogP contribution in [-0.4, -0.2) is 32.7 Å². The zero-order chi connectivity index (χ0) is 18.0. The molecule has 2 aromatic rings. The first-order valence-corrected chi connectivity index (χ1v) is 10.0. The van der Waals surface area contributed by atoms with Crippen LogP contribution in [0.25, 0.3) is 0 Å². The molecule has 1 saturated heterocycles. The van der Waals surface area contributed by atoms with Crippen LogP contribution in [-0.2, 0) is 9.84 Å². The maximum Gasteiger partial charge on any atom is 0.293 e. The third kappa shape index (κ3) is 3.82. The Morgan fingerprint density at radius 3 is 2.28 bits per heavy atom. The lowest BCUT2D eigenvalue weighted by Gasteiger charge is -2.33. The van der Waals surface area contributed by atoms with Gasteiger partial charge in [-0.1, -0.05) is 30.3 Å². The van der Waals surface area contributed by atoms with Crippen molar-refractivity contribution in [3.05, 3.63) is 64.2 Å². The topological polar surface area (TPSA) is 80.5 Å². The van der Waals surface area contributed by atoms with Crippen molar-refractivity contribution >= 4 is 21.2 Å². The Bertz CT molecular complexity index is 873. The van der Waals surface area contributed by atoms with Gasteiger partial charge in [0, 0.05) is 25.4 Å². The van der Waals surface area contributed by atoms with E-state index in [2.05, 4.69) is 12.1 Å². The lowest BCUT2D eigenvalue weighted by atomic mass is 9.89. The molecule has 25 heavy (non-hydrogen) atoms. The highest BCUT2D eigenvalue weighted by atomic mass is 32.2. The van der Waals surface area contributed by atoms with Crippen LogP contribution >= 0.6 is 0 Å². The molecule has 1 aliphatic rings. The van der Waals surface area contributed by atoms with Crippen molar-refractivity contribution in [1.29, 1.82) is 0 Å². The van der Waals surface area contributed by atoms with Crippen molar-refractivity contribution in [1.82, 2.24) is 0 Å². The van der Waals surface area contributed by atoms with Crippen LogP contribution in [0, 0.1) is 10.1 Å². The molecular weight excluding hydrogens is 340 g/mol. The maximum atomic E-state index is 11.7. The summed E-state index contributed by atoms with van der Waals surface area (Å²) in [6.45, 7) is 1.41. The van der Waals surface area contributed by atoms with Crippen molar-refractivity contribution < 1.29 is 13.3 Å². The third-order valence-corrected chi connectivity index (χ3v) is 5.79. The number of anilines is 1. The van der Waals surface area contributed by atoms with E-state index in [0.717, 1.165) is 25.2 Å². The Hall–Kier alpha value is -2.41. The number of nitro groups is 1. The van der Waals surface area contributed by atoms with Gasteiger partial charge in [-0.25, -0.2) is 8.42 Å². The van der Waals surface area contributed by atoms with Crippen LogP contribution in [0.5, 0.6) is 0 Å². The zero-order valence-corrected chi connectivity index (χ0v) is 14.8. The lowest BCUT2D eigenvalue weighted by molar-refractivity contribution is -0.384. The molecule has 0 bridgehead atoms. The SMILES string of the molecule is CS(=O)(=O)c1ccc(N2CCC(c3ccccc3)CC2)c([N+](=O)[O-])c1. The van der Waals surface area contributed by atoms with Crippen molar-refractivity contribution in [2.24, 2.45) is 0 Å². The summed E-state index contributed by atoms with van der Waals surface area (Å²) in [6.07, 6.45) is 2.88. The minimum Gasteiger partial charge on any atom is -0.366 e. The highest BCUT2D eigenvalue weighted by Gasteiger charge is 2.26. The van der Waals surface area contributed by atoms with Crippen LogP contribution in [0.15, 0.2) is 53.4 Å². The van der Waals surface area contributed by atoms with Gasteiger partial charge < -0.3 is 4.90 Å². The van der Waals surface area contributed by atoms with Gasteiger partial charge in [0.25, 0.3) is 5.69 Å². The summed E-state index contributed by atoms with van der Waals surface area (Å²) < 4.78 is 23.3. The van der Waals surface area contributed by atoms with E-state index in [-0.39, 0.29) is 10.6 Å². The van der Waals surface area contributed by atoms with Gasteiger partial charge in [0.05, 0.1) is 9.82 Å². The summed E-state index contributed by atoms with van der Waals surface area (Å²) in [7, 11) is -3.47. The molecule has 2 aromatic carbocycles. The van der Waals surface area contributed by atoms with Gasteiger partial charge in [-0.05, 0) is 36.5 Å². The number of benzene rings is 2. The molecule has 0 N–H and O–H groups in total. The largest absolute Gasteiger partial charge is 0.366 e. The summed E-state index contributed by atoms with van der Waals surface area (Å²) >= 11 is 0. The van der Waals surface area contributed by atoms with E-state index in [9.17, 15) is 18.5 Å². The maximum absolute atomic E-state index is 11.7. The van der Waals surface area contributed by atoms with Crippen molar-refractivity contribution in [3.8, 4) is 0 Å². The zero-order valence-electron chi connectivity index (χ0n) is 14.0. The van der Waals surface area contributed by atoms with E-state index in [1.807, 2.05) is 23.1 Å². The highest BCUT2D eigenvalue weighted by Crippen LogP contribution is 2.35. The van der Waals surface area contributed by atoms with E-state index < -0.39 is 14.8 Å². The molecule has 7 heteroatoms. The van der Waals surface area contributed by atoms with E-state index in [1.165, 1.54) is 11.6 Å². The fourth-order valence-electron chi connectivity index (χ4n) is 3.33. The third-order valence-electron chi connectivity index (χ3n) is 4.68. The summed E-state index contributed by atoms with van der Waals surface area (Å²) in [5.41, 5.74) is 1.63. The quantitative estimate of drug-likeness (QED) is 0.617. The average molecular weight is 360 g/mol. The minimum atomic E-state index is -3.47. The molecule has 0 spiro atoms. The van der Waals surface area contributed by atoms with Gasteiger partial charge in [0.1, 0.15) is 5.69 Å². The van der Waals surface area contributed by atoms with E-state index in [0.29, 0.717) is 24.7 Å². The molecule has 1 aliphatic heterocycles. The summed E-state index contributed by atoms with van der Waals surface area (Å²) in [4.78, 5) is 12.9. The molecule has 0 atom stereocenters. The Morgan fingerprint density at radius 2 is 1.72 bits per heavy atom. The molecule has 1 heterocycles. The van der Waals surface area contributed by atoms with Crippen LogP contribution in [0.4, 0.5) is 11.4 Å². The first-order chi connectivity index (χ1) is 11.9. The Labute approximate surface area is 147 Å². The van der Waals surface area contributed by atoms with Gasteiger partial charge in [-0.3, -0.25) is 10.1 Å². The summed E-state index contributed by atoms with van der Waals surface area (Å²) in [5, 5.41) is 11.4. The van der Waals surface area contributed by atoms with E-state index >= 15 is 0 Å². The molecule has 0 amide bonds. The molecule has 0 unspecified atom stereocenters. The highest BCUT2D eigenvalue weighted by molar-refractivity contribution is 7.90. The molecule has 3 rings (SSSR count). The van der Waals surface area contributed by atoms with Crippen LogP contribution in [0.3, 0.4) is 0 Å². The van der Waals surface area contributed by atoms with Crippen molar-refractivity contribution in [2.45, 2.75) is 23.7 Å². The first-order valence-electron chi connectivity index (χ1n) is 8.14. The van der Waals surface area contributed by atoms with Gasteiger partial charge in [0.2, 0.25) is 0 Å². The number of nitro benzene ring substituents is 1.